The van der Waals surface area contributed by atoms with Gasteiger partial charge in [-0.3, -0.25) is 4.90 Å². The Morgan fingerprint density at radius 2 is 2.00 bits per heavy atom. The van der Waals surface area contributed by atoms with Crippen LogP contribution < -0.4 is 10.1 Å². The maximum atomic E-state index is 12.5. The minimum Gasteiger partial charge on any atom is -0.406 e. The van der Waals surface area contributed by atoms with Gasteiger partial charge in [0.05, 0.1) is 0 Å². The Kier molecular flexibility index (Phi) is 7.12. The van der Waals surface area contributed by atoms with E-state index < -0.39 is 6.36 Å². The lowest BCUT2D eigenvalue weighted by atomic mass is 9.98. The predicted molar refractivity (Wildman–Crippen MR) is 89.0 cm³/mol. The van der Waals surface area contributed by atoms with Gasteiger partial charge in [0.2, 0.25) is 0 Å². The van der Waals surface area contributed by atoms with Crippen LogP contribution in [-0.2, 0) is 0 Å². The van der Waals surface area contributed by atoms with E-state index in [1.807, 2.05) is 12.1 Å². The van der Waals surface area contributed by atoms with Gasteiger partial charge in [-0.25, -0.2) is 0 Å². The summed E-state index contributed by atoms with van der Waals surface area (Å²) < 4.78 is 41.5. The van der Waals surface area contributed by atoms with E-state index in [0.717, 1.165) is 57.4 Å². The predicted octanol–water partition coefficient (Wildman–Crippen LogP) is 4.28. The molecule has 0 aliphatic carbocycles. The molecule has 0 saturated carbocycles. The highest BCUT2D eigenvalue weighted by atomic mass is 19.4. The van der Waals surface area contributed by atoms with Crippen LogP contribution in [-0.4, -0.2) is 37.4 Å². The minimum atomic E-state index is -4.66. The number of ether oxygens (including phenoxy) is 1. The first-order valence-corrected chi connectivity index (χ1v) is 8.41. The first-order chi connectivity index (χ1) is 11.5. The normalized spacial score (nSPS) is 17.5. The molecule has 1 saturated heterocycles. The van der Waals surface area contributed by atoms with Gasteiger partial charge in [-0.1, -0.05) is 24.6 Å². The van der Waals surface area contributed by atoms with E-state index in [2.05, 4.69) is 21.5 Å². The van der Waals surface area contributed by atoms with Gasteiger partial charge in [0.15, 0.2) is 0 Å². The molecular formula is C18H25F3N2O. The topological polar surface area (TPSA) is 24.5 Å². The third-order valence-corrected chi connectivity index (χ3v) is 4.20. The summed E-state index contributed by atoms with van der Waals surface area (Å²) in [6.45, 7) is 7.34. The molecule has 1 aliphatic rings. The summed E-state index contributed by atoms with van der Waals surface area (Å²) in [5.41, 5.74) is 0.886. The number of allylic oxidation sites excluding steroid dienone is 1. The first-order valence-electron chi connectivity index (χ1n) is 8.41. The Hall–Kier alpha value is -1.53. The summed E-state index contributed by atoms with van der Waals surface area (Å²) in [6.07, 6.45) is 1.19. The molecule has 0 radical (unpaired) electrons. The molecule has 24 heavy (non-hydrogen) atoms. The van der Waals surface area contributed by atoms with Crippen molar-refractivity contribution in [3.05, 3.63) is 42.5 Å². The Labute approximate surface area is 141 Å². The lowest BCUT2D eigenvalue weighted by Gasteiger charge is -2.35. The number of unbranched alkanes of at least 4 members (excludes halogenated alkanes) is 2. The van der Waals surface area contributed by atoms with Crippen molar-refractivity contribution in [3.63, 3.8) is 0 Å². The van der Waals surface area contributed by atoms with Crippen LogP contribution >= 0.6 is 0 Å². The zero-order valence-corrected chi connectivity index (χ0v) is 13.8. The molecule has 0 bridgehead atoms. The average Bonchev–Trinajstić information content (AvgIpc) is 2.54. The van der Waals surface area contributed by atoms with Crippen LogP contribution in [0.15, 0.2) is 36.9 Å². The van der Waals surface area contributed by atoms with Gasteiger partial charge >= 0.3 is 6.36 Å². The van der Waals surface area contributed by atoms with Gasteiger partial charge in [0.25, 0.3) is 0 Å². The number of benzene rings is 1. The molecule has 3 nitrogen and oxygen atoms in total. The SMILES string of the molecule is C=CCCCC[C@@H](c1cccc(OC(F)(F)F)c1)N1CCNCC1. The van der Waals surface area contributed by atoms with Crippen molar-refractivity contribution in [2.45, 2.75) is 38.1 Å². The van der Waals surface area contributed by atoms with Crippen molar-refractivity contribution in [2.75, 3.05) is 26.2 Å². The van der Waals surface area contributed by atoms with Gasteiger partial charge in [0, 0.05) is 32.2 Å². The molecule has 0 spiro atoms. The van der Waals surface area contributed by atoms with E-state index in [1.54, 1.807) is 6.07 Å². The molecule has 1 heterocycles. The summed E-state index contributed by atoms with van der Waals surface area (Å²) in [7, 11) is 0. The van der Waals surface area contributed by atoms with Crippen molar-refractivity contribution in [1.82, 2.24) is 10.2 Å². The smallest absolute Gasteiger partial charge is 0.406 e. The average molecular weight is 342 g/mol. The maximum Gasteiger partial charge on any atom is 0.573 e. The minimum absolute atomic E-state index is 0.119. The summed E-state index contributed by atoms with van der Waals surface area (Å²) in [4.78, 5) is 2.34. The third-order valence-electron chi connectivity index (χ3n) is 4.20. The third kappa shape index (κ3) is 6.17. The van der Waals surface area contributed by atoms with Crippen LogP contribution in [0.3, 0.4) is 0 Å². The first kappa shape index (κ1) is 18.8. The van der Waals surface area contributed by atoms with Crippen LogP contribution in [0.25, 0.3) is 0 Å². The van der Waals surface area contributed by atoms with Crippen molar-refractivity contribution >= 4 is 0 Å². The van der Waals surface area contributed by atoms with Gasteiger partial charge in [-0.05, 0) is 37.0 Å². The number of nitrogens with one attached hydrogen (secondary N) is 1. The van der Waals surface area contributed by atoms with E-state index in [-0.39, 0.29) is 11.8 Å². The molecule has 134 valence electrons. The lowest BCUT2D eigenvalue weighted by molar-refractivity contribution is -0.274. The molecule has 1 N–H and O–H groups in total. The van der Waals surface area contributed by atoms with Gasteiger partial charge in [-0.2, -0.15) is 0 Å². The monoisotopic (exact) mass is 342 g/mol. The van der Waals surface area contributed by atoms with E-state index in [4.69, 9.17) is 0 Å². The highest BCUT2D eigenvalue weighted by molar-refractivity contribution is 5.31. The number of halogens is 3. The molecule has 1 fully saturated rings. The van der Waals surface area contributed by atoms with Crippen LogP contribution in [0.5, 0.6) is 5.75 Å². The molecule has 1 atom stereocenters. The molecule has 0 aromatic heterocycles. The van der Waals surface area contributed by atoms with Crippen LogP contribution in [0, 0.1) is 0 Å². The highest BCUT2D eigenvalue weighted by Crippen LogP contribution is 2.31. The molecule has 1 aromatic rings. The second kappa shape index (κ2) is 9.08. The number of rotatable bonds is 8. The van der Waals surface area contributed by atoms with Crippen molar-refractivity contribution in [1.29, 1.82) is 0 Å². The fourth-order valence-electron chi connectivity index (χ4n) is 3.10. The largest absolute Gasteiger partial charge is 0.573 e. The number of hydrogen-bond donors (Lipinski definition) is 1. The van der Waals surface area contributed by atoms with Gasteiger partial charge < -0.3 is 10.1 Å². The van der Waals surface area contributed by atoms with Crippen LogP contribution in [0.1, 0.15) is 37.3 Å². The number of alkyl halides is 3. The van der Waals surface area contributed by atoms with E-state index in [9.17, 15) is 13.2 Å². The van der Waals surface area contributed by atoms with E-state index >= 15 is 0 Å². The van der Waals surface area contributed by atoms with E-state index in [0.29, 0.717) is 0 Å². The van der Waals surface area contributed by atoms with Gasteiger partial charge in [-0.15, -0.1) is 19.8 Å². The number of piperazine rings is 1. The van der Waals surface area contributed by atoms with Crippen LogP contribution in [0.4, 0.5) is 13.2 Å². The molecule has 0 amide bonds. The highest BCUT2D eigenvalue weighted by Gasteiger charge is 2.31. The zero-order valence-electron chi connectivity index (χ0n) is 13.8. The Balaban J connectivity index is 2.12. The fraction of sp³-hybridized carbons (Fsp3) is 0.556. The molecule has 1 aliphatic heterocycles. The Morgan fingerprint density at radius 1 is 1.25 bits per heavy atom. The maximum absolute atomic E-state index is 12.5. The fourth-order valence-corrected chi connectivity index (χ4v) is 3.10. The molecule has 6 heteroatoms. The second-order valence-electron chi connectivity index (χ2n) is 6.00. The van der Waals surface area contributed by atoms with Crippen molar-refractivity contribution in [3.8, 4) is 5.75 Å². The molecule has 1 aromatic carbocycles. The number of hydrogen-bond acceptors (Lipinski definition) is 3. The quantitative estimate of drug-likeness (QED) is 0.564. The number of nitrogens with zero attached hydrogens (tertiary/aromatic N) is 1. The van der Waals surface area contributed by atoms with E-state index in [1.165, 1.54) is 12.1 Å². The second-order valence-corrected chi connectivity index (χ2v) is 6.00. The summed E-state index contributed by atoms with van der Waals surface area (Å²) in [5.74, 6) is -0.147. The molecule has 2 rings (SSSR count). The summed E-state index contributed by atoms with van der Waals surface area (Å²) in [5, 5.41) is 3.31. The summed E-state index contributed by atoms with van der Waals surface area (Å²) >= 11 is 0. The Bertz CT molecular complexity index is 513. The van der Waals surface area contributed by atoms with Crippen molar-refractivity contribution < 1.29 is 17.9 Å². The van der Waals surface area contributed by atoms with Gasteiger partial charge in [0.1, 0.15) is 5.75 Å². The van der Waals surface area contributed by atoms with Crippen LogP contribution in [0.2, 0.25) is 0 Å². The summed E-state index contributed by atoms with van der Waals surface area (Å²) in [6, 6.07) is 6.52. The Morgan fingerprint density at radius 3 is 2.67 bits per heavy atom. The standard InChI is InChI=1S/C18H25F3N2O/c1-2-3-4-5-9-17(23-12-10-22-11-13-23)15-7-6-8-16(14-15)24-18(19,20)21/h2,6-8,14,17,22H,1,3-5,9-13H2/t17-/m0/s1. The molecular weight excluding hydrogens is 317 g/mol. The zero-order chi connectivity index (χ0) is 17.4. The molecule has 0 unspecified atom stereocenters. The lowest BCUT2D eigenvalue weighted by Crippen LogP contribution is -2.45. The van der Waals surface area contributed by atoms with Crippen molar-refractivity contribution in [2.24, 2.45) is 0 Å².